The molecule has 6 nitrogen and oxygen atoms in total. The van der Waals surface area contributed by atoms with Crippen LogP contribution in [0.2, 0.25) is 0 Å². The predicted octanol–water partition coefficient (Wildman–Crippen LogP) is 3.53. The van der Waals surface area contributed by atoms with E-state index >= 15 is 0 Å². The lowest BCUT2D eigenvalue weighted by Crippen LogP contribution is -2.53. The van der Waals surface area contributed by atoms with E-state index in [9.17, 15) is 4.79 Å². The number of hydrogen-bond acceptors (Lipinski definition) is 6. The Morgan fingerprint density at radius 2 is 1.93 bits per heavy atom. The van der Waals surface area contributed by atoms with Crippen LogP contribution in [0.5, 0.6) is 0 Å². The molecule has 0 saturated heterocycles. The van der Waals surface area contributed by atoms with Gasteiger partial charge < -0.3 is 21.4 Å². The zero-order valence-electron chi connectivity index (χ0n) is 15.4. The number of aromatic nitrogens is 2. The van der Waals surface area contributed by atoms with Crippen molar-refractivity contribution in [2.24, 2.45) is 5.73 Å². The Hall–Kier alpha value is -2.93. The molecule has 1 unspecified atom stereocenters. The van der Waals surface area contributed by atoms with Crippen LogP contribution in [0.4, 0.5) is 5.69 Å². The largest absolute Gasteiger partial charge is 0.385 e. The first-order valence-electron chi connectivity index (χ1n) is 8.63. The number of anilines is 1. The zero-order valence-corrected chi connectivity index (χ0v) is 16.2. The minimum absolute atomic E-state index is 0.0519. The lowest BCUT2D eigenvalue weighted by atomic mass is 9.95. The molecule has 138 valence electrons. The van der Waals surface area contributed by atoms with E-state index in [-0.39, 0.29) is 5.78 Å². The summed E-state index contributed by atoms with van der Waals surface area (Å²) >= 11 is 1.34. The van der Waals surface area contributed by atoms with Gasteiger partial charge in [-0.3, -0.25) is 4.79 Å². The lowest BCUT2D eigenvalue weighted by molar-refractivity contribution is 0.0943. The van der Waals surface area contributed by atoms with Crippen LogP contribution in [-0.2, 0) is 0 Å². The highest BCUT2D eigenvalue weighted by molar-refractivity contribution is 8.04. The highest BCUT2D eigenvalue weighted by Crippen LogP contribution is 2.36. The van der Waals surface area contributed by atoms with Gasteiger partial charge in [0, 0.05) is 16.7 Å². The summed E-state index contributed by atoms with van der Waals surface area (Å²) in [5.41, 5.74) is 12.3. The number of thioether (sulfide) groups is 1. The van der Waals surface area contributed by atoms with E-state index < -0.39 is 4.99 Å². The van der Waals surface area contributed by atoms with Gasteiger partial charge in [0.15, 0.2) is 0 Å². The van der Waals surface area contributed by atoms with Crippen molar-refractivity contribution in [2.75, 3.05) is 5.32 Å². The van der Waals surface area contributed by atoms with Crippen LogP contribution in [0.25, 0.3) is 11.0 Å². The second kappa shape index (κ2) is 6.35. The van der Waals surface area contributed by atoms with E-state index in [0.717, 1.165) is 33.4 Å². The third kappa shape index (κ3) is 3.04. The van der Waals surface area contributed by atoms with Gasteiger partial charge in [-0.15, -0.1) is 0 Å². The number of hydrogen-bond donors (Lipinski definition) is 4. The number of nitrogens with one attached hydrogen (secondary N) is 3. The van der Waals surface area contributed by atoms with E-state index in [4.69, 9.17) is 5.73 Å². The second-order valence-electron chi connectivity index (χ2n) is 6.86. The van der Waals surface area contributed by atoms with Crippen molar-refractivity contribution in [1.82, 2.24) is 15.3 Å². The molecule has 2 aromatic carbocycles. The number of fused-ring (bicyclic) bond motifs is 1. The molecular weight excluding hydrogens is 358 g/mol. The number of carbonyl (C=O) groups is 1. The van der Waals surface area contributed by atoms with Gasteiger partial charge in [-0.1, -0.05) is 29.5 Å². The Morgan fingerprint density at radius 3 is 2.59 bits per heavy atom. The Balaban J connectivity index is 1.75. The fraction of sp³-hybridized carbons (Fsp3) is 0.200. The second-order valence-corrected chi connectivity index (χ2v) is 7.94. The molecule has 3 aromatic rings. The van der Waals surface area contributed by atoms with Crippen LogP contribution in [0, 0.1) is 20.8 Å². The van der Waals surface area contributed by atoms with Gasteiger partial charge in [0.2, 0.25) is 10.8 Å². The van der Waals surface area contributed by atoms with Crippen molar-refractivity contribution in [2.45, 2.75) is 25.8 Å². The summed E-state index contributed by atoms with van der Waals surface area (Å²) in [6.07, 6.45) is 1.65. The van der Waals surface area contributed by atoms with Gasteiger partial charge in [0.05, 0.1) is 17.4 Å². The van der Waals surface area contributed by atoms with Crippen molar-refractivity contribution in [3.63, 3.8) is 0 Å². The number of rotatable bonds is 4. The number of ketones is 1. The number of carbonyl (C=O) groups excluding carboxylic acids is 1. The van der Waals surface area contributed by atoms with Crippen molar-refractivity contribution in [3.05, 3.63) is 70.1 Å². The summed E-state index contributed by atoms with van der Waals surface area (Å²) < 4.78 is 0. The Bertz CT molecular complexity index is 1060. The van der Waals surface area contributed by atoms with Gasteiger partial charge in [0.1, 0.15) is 5.82 Å². The van der Waals surface area contributed by atoms with Crippen molar-refractivity contribution < 1.29 is 4.79 Å². The number of aryl methyl sites for hydroxylation is 3. The SMILES string of the molecule is Cc1cc(C)c(C(=O)C2(Nc3ccc4nc[nH]c4c3)NC(N)=CS2)c(C)c1. The zero-order chi connectivity index (χ0) is 19.2. The first-order chi connectivity index (χ1) is 12.9. The van der Waals surface area contributed by atoms with Gasteiger partial charge in [-0.25, -0.2) is 4.98 Å². The van der Waals surface area contributed by atoms with E-state index in [0.29, 0.717) is 11.4 Å². The maximum atomic E-state index is 13.6. The highest BCUT2D eigenvalue weighted by atomic mass is 32.2. The molecule has 1 aliphatic heterocycles. The molecule has 0 aliphatic carbocycles. The molecule has 4 rings (SSSR count). The smallest absolute Gasteiger partial charge is 0.227 e. The topological polar surface area (TPSA) is 95.8 Å². The first-order valence-corrected chi connectivity index (χ1v) is 9.51. The number of Topliss-reactive ketones (excluding diaryl/α,β-unsaturated/α-hetero) is 1. The summed E-state index contributed by atoms with van der Waals surface area (Å²) in [6.45, 7) is 5.96. The number of benzene rings is 2. The minimum atomic E-state index is -1.09. The summed E-state index contributed by atoms with van der Waals surface area (Å²) in [5, 5.41) is 8.26. The molecule has 0 spiro atoms. The fourth-order valence-electron chi connectivity index (χ4n) is 3.57. The number of aromatic amines is 1. The number of nitrogens with two attached hydrogens (primary N) is 1. The number of nitrogens with zero attached hydrogens (tertiary/aromatic N) is 1. The Morgan fingerprint density at radius 1 is 1.19 bits per heavy atom. The van der Waals surface area contributed by atoms with Crippen LogP contribution in [0.3, 0.4) is 0 Å². The van der Waals surface area contributed by atoms with Gasteiger partial charge in [-0.05, 0) is 50.1 Å². The average Bonchev–Trinajstić information content (AvgIpc) is 3.20. The van der Waals surface area contributed by atoms with Gasteiger partial charge >= 0.3 is 0 Å². The summed E-state index contributed by atoms with van der Waals surface area (Å²) in [6, 6.07) is 9.81. The minimum Gasteiger partial charge on any atom is -0.385 e. The lowest BCUT2D eigenvalue weighted by Gasteiger charge is -2.31. The Kier molecular flexibility index (Phi) is 4.11. The van der Waals surface area contributed by atoms with E-state index in [1.165, 1.54) is 11.8 Å². The fourth-order valence-corrected chi connectivity index (χ4v) is 4.50. The summed E-state index contributed by atoms with van der Waals surface area (Å²) in [5.74, 6) is 0.412. The third-order valence-corrected chi connectivity index (χ3v) is 5.76. The molecule has 0 saturated carbocycles. The molecule has 1 atom stereocenters. The van der Waals surface area contributed by atoms with Crippen molar-refractivity contribution >= 4 is 34.3 Å². The van der Waals surface area contributed by atoms with Crippen LogP contribution >= 0.6 is 11.8 Å². The Labute approximate surface area is 161 Å². The van der Waals surface area contributed by atoms with E-state index in [1.807, 2.05) is 51.1 Å². The number of H-pyrrole nitrogens is 1. The highest BCUT2D eigenvalue weighted by Gasteiger charge is 2.44. The summed E-state index contributed by atoms with van der Waals surface area (Å²) in [4.78, 5) is 19.9. The molecule has 0 bridgehead atoms. The standard InChI is InChI=1S/C20H21N5OS/c1-11-6-12(2)18(13(3)7-11)19(26)20(25-17(21)9-27-20)24-14-4-5-15-16(8-14)23-10-22-15/h4-10,24-25H,21H2,1-3H3,(H,22,23). The maximum absolute atomic E-state index is 13.6. The van der Waals surface area contributed by atoms with Crippen LogP contribution < -0.4 is 16.4 Å². The van der Waals surface area contributed by atoms with Gasteiger partial charge in [-0.2, -0.15) is 0 Å². The average molecular weight is 379 g/mol. The molecule has 5 N–H and O–H groups in total. The molecule has 1 aliphatic rings. The molecule has 2 heterocycles. The first kappa shape index (κ1) is 17.5. The molecular formula is C20H21N5OS. The molecule has 7 heteroatoms. The third-order valence-electron chi connectivity index (χ3n) is 4.65. The molecule has 1 aromatic heterocycles. The molecule has 0 fully saturated rings. The number of imidazole rings is 1. The van der Waals surface area contributed by atoms with E-state index in [1.54, 1.807) is 11.7 Å². The van der Waals surface area contributed by atoms with E-state index in [2.05, 4.69) is 20.6 Å². The van der Waals surface area contributed by atoms with Crippen LogP contribution in [0.1, 0.15) is 27.0 Å². The van der Waals surface area contributed by atoms with Crippen LogP contribution in [0.15, 0.2) is 47.9 Å². The van der Waals surface area contributed by atoms with Crippen molar-refractivity contribution in [3.8, 4) is 0 Å². The van der Waals surface area contributed by atoms with Crippen molar-refractivity contribution in [1.29, 1.82) is 0 Å². The molecule has 0 radical (unpaired) electrons. The molecule has 0 amide bonds. The van der Waals surface area contributed by atoms with Crippen LogP contribution in [-0.4, -0.2) is 20.7 Å². The summed E-state index contributed by atoms with van der Waals surface area (Å²) in [7, 11) is 0. The predicted molar refractivity (Wildman–Crippen MR) is 110 cm³/mol. The normalized spacial score (nSPS) is 19.0. The maximum Gasteiger partial charge on any atom is 0.227 e. The van der Waals surface area contributed by atoms with Gasteiger partial charge in [0.25, 0.3) is 0 Å². The monoisotopic (exact) mass is 379 g/mol. The quantitative estimate of drug-likeness (QED) is 0.518. The molecule has 27 heavy (non-hydrogen) atoms.